The first-order chi connectivity index (χ1) is 17.0. The molecule has 0 bridgehead atoms. The standard InChI is InChI=1S/C28H24BrNO5/c1-3-34-21-6-4-5-18(15-21)25-24-26(31)22-16-19(29)9-12-23(22)35-27(24)28(32)30(25)14-13-17-7-10-20(33-2)11-8-17/h4-12,15-16,25H,3,13-14H2,1-2H3. The number of amides is 1. The molecule has 1 amide bonds. The summed E-state index contributed by atoms with van der Waals surface area (Å²) >= 11 is 3.44. The van der Waals surface area contributed by atoms with Gasteiger partial charge in [0.2, 0.25) is 5.76 Å². The monoisotopic (exact) mass is 533 g/mol. The summed E-state index contributed by atoms with van der Waals surface area (Å²) in [6, 6.07) is 20.0. The Morgan fingerprint density at radius 3 is 2.54 bits per heavy atom. The number of benzene rings is 3. The van der Waals surface area contributed by atoms with E-state index in [0.29, 0.717) is 41.9 Å². The second-order valence-electron chi connectivity index (χ2n) is 8.32. The fourth-order valence-corrected chi connectivity index (χ4v) is 4.91. The molecular weight excluding hydrogens is 510 g/mol. The molecule has 1 aliphatic heterocycles. The van der Waals surface area contributed by atoms with E-state index in [2.05, 4.69) is 15.9 Å². The molecule has 0 fully saturated rings. The highest BCUT2D eigenvalue weighted by Gasteiger charge is 2.42. The van der Waals surface area contributed by atoms with Crippen molar-refractivity contribution < 1.29 is 18.7 Å². The molecule has 3 aromatic carbocycles. The van der Waals surface area contributed by atoms with Crippen molar-refractivity contribution in [3.63, 3.8) is 0 Å². The first-order valence-electron chi connectivity index (χ1n) is 11.4. The predicted molar refractivity (Wildman–Crippen MR) is 137 cm³/mol. The van der Waals surface area contributed by atoms with Gasteiger partial charge in [-0.15, -0.1) is 0 Å². The van der Waals surface area contributed by atoms with Crippen LogP contribution in [0, 0.1) is 0 Å². The van der Waals surface area contributed by atoms with Crippen LogP contribution < -0.4 is 14.9 Å². The topological polar surface area (TPSA) is 69.0 Å². The third kappa shape index (κ3) is 4.32. The third-order valence-electron chi connectivity index (χ3n) is 6.21. The van der Waals surface area contributed by atoms with Gasteiger partial charge in [0.1, 0.15) is 17.1 Å². The van der Waals surface area contributed by atoms with Crippen LogP contribution in [0.25, 0.3) is 11.0 Å². The second-order valence-corrected chi connectivity index (χ2v) is 9.23. The molecule has 6 nitrogen and oxygen atoms in total. The molecule has 0 saturated heterocycles. The van der Waals surface area contributed by atoms with E-state index in [9.17, 15) is 9.59 Å². The van der Waals surface area contributed by atoms with Gasteiger partial charge < -0.3 is 18.8 Å². The number of carbonyl (C=O) groups excluding carboxylic acids is 1. The summed E-state index contributed by atoms with van der Waals surface area (Å²) in [6.45, 7) is 2.85. The number of ether oxygens (including phenoxy) is 2. The maximum Gasteiger partial charge on any atom is 0.290 e. The van der Waals surface area contributed by atoms with E-state index in [1.165, 1.54) is 0 Å². The molecule has 0 N–H and O–H groups in total. The lowest BCUT2D eigenvalue weighted by molar-refractivity contribution is 0.0730. The predicted octanol–water partition coefficient (Wildman–Crippen LogP) is 5.75. The lowest BCUT2D eigenvalue weighted by Gasteiger charge is -2.25. The molecule has 0 aliphatic carbocycles. The Bertz CT molecular complexity index is 1460. The lowest BCUT2D eigenvalue weighted by atomic mass is 9.98. The average molecular weight is 534 g/mol. The van der Waals surface area contributed by atoms with Gasteiger partial charge in [-0.05, 0) is 66.9 Å². The molecular formula is C28H24BrNO5. The summed E-state index contributed by atoms with van der Waals surface area (Å²) < 4.78 is 17.8. The highest BCUT2D eigenvalue weighted by atomic mass is 79.9. The van der Waals surface area contributed by atoms with Crippen molar-refractivity contribution in [1.29, 1.82) is 0 Å². The zero-order valence-electron chi connectivity index (χ0n) is 19.4. The summed E-state index contributed by atoms with van der Waals surface area (Å²) in [6.07, 6.45) is 0.616. The van der Waals surface area contributed by atoms with E-state index in [4.69, 9.17) is 13.9 Å². The van der Waals surface area contributed by atoms with E-state index in [-0.39, 0.29) is 17.1 Å². The first-order valence-corrected chi connectivity index (χ1v) is 12.2. The fourth-order valence-electron chi connectivity index (χ4n) is 4.55. The summed E-state index contributed by atoms with van der Waals surface area (Å²) in [7, 11) is 1.63. The fraction of sp³-hybridized carbons (Fsp3) is 0.214. The molecule has 7 heteroatoms. The van der Waals surface area contributed by atoms with Crippen molar-refractivity contribution in [2.75, 3.05) is 20.3 Å². The summed E-state index contributed by atoms with van der Waals surface area (Å²) in [4.78, 5) is 29.0. The van der Waals surface area contributed by atoms with Gasteiger partial charge in [-0.3, -0.25) is 9.59 Å². The number of carbonyl (C=O) groups is 1. The Kier molecular flexibility index (Phi) is 6.34. The minimum absolute atomic E-state index is 0.103. The van der Waals surface area contributed by atoms with E-state index in [0.717, 1.165) is 21.3 Å². The average Bonchev–Trinajstić information content (AvgIpc) is 3.15. The molecule has 0 radical (unpaired) electrons. The number of rotatable bonds is 7. The SMILES string of the molecule is CCOc1cccc(C2c3c(oc4ccc(Br)cc4c3=O)C(=O)N2CCc2ccc(OC)cc2)c1. The quantitative estimate of drug-likeness (QED) is 0.302. The van der Waals surface area contributed by atoms with Gasteiger partial charge in [0.15, 0.2) is 5.43 Å². The molecule has 1 unspecified atom stereocenters. The zero-order chi connectivity index (χ0) is 24.5. The molecule has 178 valence electrons. The maximum atomic E-state index is 13.7. The van der Waals surface area contributed by atoms with Crippen molar-refractivity contribution in [2.45, 2.75) is 19.4 Å². The molecule has 5 rings (SSSR count). The Morgan fingerprint density at radius 1 is 1.00 bits per heavy atom. The number of fused-ring (bicyclic) bond motifs is 2. The molecule has 1 atom stereocenters. The van der Waals surface area contributed by atoms with Crippen LogP contribution in [-0.4, -0.2) is 31.1 Å². The van der Waals surface area contributed by atoms with Crippen LogP contribution in [-0.2, 0) is 6.42 Å². The minimum atomic E-state index is -0.573. The Labute approximate surface area is 211 Å². The van der Waals surface area contributed by atoms with Crippen LogP contribution in [0.15, 0.2) is 80.4 Å². The van der Waals surface area contributed by atoms with Gasteiger partial charge in [0.25, 0.3) is 5.91 Å². The lowest BCUT2D eigenvalue weighted by Crippen LogP contribution is -2.31. The van der Waals surface area contributed by atoms with Crippen molar-refractivity contribution in [2.24, 2.45) is 0 Å². The number of methoxy groups -OCH3 is 1. The van der Waals surface area contributed by atoms with Crippen molar-refractivity contribution >= 4 is 32.8 Å². The van der Waals surface area contributed by atoms with Crippen LogP contribution in [0.1, 0.15) is 40.2 Å². The maximum absolute atomic E-state index is 13.7. The Balaban J connectivity index is 1.60. The Hall–Kier alpha value is -3.58. The summed E-state index contributed by atoms with van der Waals surface area (Å²) in [5, 5.41) is 0.439. The van der Waals surface area contributed by atoms with E-state index < -0.39 is 6.04 Å². The van der Waals surface area contributed by atoms with E-state index in [1.54, 1.807) is 30.2 Å². The van der Waals surface area contributed by atoms with Gasteiger partial charge in [0.05, 0.1) is 30.7 Å². The second kappa shape index (κ2) is 9.58. The Morgan fingerprint density at radius 2 is 1.80 bits per heavy atom. The van der Waals surface area contributed by atoms with Crippen LogP contribution in [0.2, 0.25) is 0 Å². The number of hydrogen-bond acceptors (Lipinski definition) is 5. The highest BCUT2D eigenvalue weighted by Crippen LogP contribution is 2.39. The van der Waals surface area contributed by atoms with Crippen molar-refractivity contribution in [3.8, 4) is 11.5 Å². The molecule has 1 aromatic heterocycles. The van der Waals surface area contributed by atoms with Crippen molar-refractivity contribution in [3.05, 3.63) is 104 Å². The van der Waals surface area contributed by atoms with Crippen LogP contribution in [0.5, 0.6) is 11.5 Å². The van der Waals surface area contributed by atoms with Crippen LogP contribution in [0.3, 0.4) is 0 Å². The van der Waals surface area contributed by atoms with Gasteiger partial charge in [-0.25, -0.2) is 0 Å². The van der Waals surface area contributed by atoms with E-state index >= 15 is 0 Å². The van der Waals surface area contributed by atoms with Gasteiger partial charge >= 0.3 is 0 Å². The van der Waals surface area contributed by atoms with Gasteiger partial charge in [-0.2, -0.15) is 0 Å². The van der Waals surface area contributed by atoms with E-state index in [1.807, 2.05) is 55.5 Å². The molecule has 0 saturated carbocycles. The molecule has 35 heavy (non-hydrogen) atoms. The summed E-state index contributed by atoms with van der Waals surface area (Å²) in [5.74, 6) is 1.28. The number of halogens is 1. The molecule has 1 aliphatic rings. The molecule has 4 aromatic rings. The largest absolute Gasteiger partial charge is 0.497 e. The minimum Gasteiger partial charge on any atom is -0.497 e. The number of hydrogen-bond donors (Lipinski definition) is 0. The molecule has 2 heterocycles. The van der Waals surface area contributed by atoms with Gasteiger partial charge in [0, 0.05) is 11.0 Å². The third-order valence-corrected chi connectivity index (χ3v) is 6.71. The molecule has 0 spiro atoms. The first kappa shape index (κ1) is 23.2. The van der Waals surface area contributed by atoms with Crippen LogP contribution in [0.4, 0.5) is 0 Å². The van der Waals surface area contributed by atoms with Crippen molar-refractivity contribution in [1.82, 2.24) is 4.90 Å². The normalized spacial score (nSPS) is 14.9. The smallest absolute Gasteiger partial charge is 0.290 e. The zero-order valence-corrected chi connectivity index (χ0v) is 21.0. The summed E-state index contributed by atoms with van der Waals surface area (Å²) in [5.41, 5.74) is 2.42. The highest BCUT2D eigenvalue weighted by molar-refractivity contribution is 9.10. The number of nitrogens with zero attached hydrogens (tertiary/aromatic N) is 1. The van der Waals surface area contributed by atoms with Crippen LogP contribution >= 0.6 is 15.9 Å². The van der Waals surface area contributed by atoms with Gasteiger partial charge in [-0.1, -0.05) is 40.2 Å².